The first kappa shape index (κ1) is 9.20. The Balaban J connectivity index is 2.46. The monoisotopic (exact) mass is 186 g/mol. The highest BCUT2D eigenvalue weighted by molar-refractivity contribution is 6.22. The van der Waals surface area contributed by atoms with Crippen molar-refractivity contribution in [1.29, 1.82) is 0 Å². The topological polar surface area (TPSA) is 17.1 Å². The Morgan fingerprint density at radius 2 is 1.79 bits per heavy atom. The van der Waals surface area contributed by atoms with Gasteiger partial charge in [0.2, 0.25) is 0 Å². The van der Waals surface area contributed by atoms with E-state index < -0.39 is 0 Å². The second-order valence-corrected chi connectivity index (χ2v) is 3.80. The van der Waals surface area contributed by atoms with E-state index in [1.54, 1.807) is 0 Å². The van der Waals surface area contributed by atoms with Crippen LogP contribution in [0.1, 0.15) is 31.7 Å². The van der Waals surface area contributed by atoms with E-state index in [-0.39, 0.29) is 0 Å². The minimum Gasteiger partial charge on any atom is -0.294 e. The van der Waals surface area contributed by atoms with Crippen LogP contribution in [0.5, 0.6) is 0 Å². The Kier molecular flexibility index (Phi) is 2.49. The van der Waals surface area contributed by atoms with Crippen LogP contribution in [0.15, 0.2) is 35.9 Å². The molecule has 0 saturated heterocycles. The van der Waals surface area contributed by atoms with Crippen LogP contribution < -0.4 is 0 Å². The van der Waals surface area contributed by atoms with Crippen molar-refractivity contribution in [3.63, 3.8) is 0 Å². The number of allylic oxidation sites excluding steroid dienone is 2. The number of rotatable bonds is 1. The van der Waals surface area contributed by atoms with Crippen LogP contribution in [0.4, 0.5) is 0 Å². The van der Waals surface area contributed by atoms with E-state index in [0.29, 0.717) is 12.2 Å². The van der Waals surface area contributed by atoms with Gasteiger partial charge in [0.1, 0.15) is 0 Å². The van der Waals surface area contributed by atoms with Crippen LogP contribution in [-0.4, -0.2) is 5.78 Å². The predicted molar refractivity (Wildman–Crippen MR) is 57.9 cm³/mol. The zero-order valence-electron chi connectivity index (χ0n) is 8.42. The molecule has 1 nitrogen and oxygen atoms in total. The molecular weight excluding hydrogens is 172 g/mol. The highest BCUT2D eigenvalue weighted by Crippen LogP contribution is 2.28. The van der Waals surface area contributed by atoms with Crippen molar-refractivity contribution >= 4 is 11.4 Å². The molecular formula is C13H14O. The van der Waals surface area contributed by atoms with Gasteiger partial charge in [0.05, 0.1) is 0 Å². The molecule has 1 aromatic carbocycles. The molecule has 1 aromatic rings. The zero-order valence-corrected chi connectivity index (χ0v) is 8.42. The maximum Gasteiger partial charge on any atom is 0.163 e. The lowest BCUT2D eigenvalue weighted by molar-refractivity contribution is -0.114. The highest BCUT2D eigenvalue weighted by atomic mass is 16.1. The van der Waals surface area contributed by atoms with Crippen LogP contribution in [0.3, 0.4) is 0 Å². The number of benzene rings is 1. The molecule has 0 saturated carbocycles. The molecule has 0 fully saturated rings. The predicted octanol–water partition coefficient (Wildman–Crippen LogP) is 3.21. The Morgan fingerprint density at radius 1 is 1.07 bits per heavy atom. The summed E-state index contributed by atoms with van der Waals surface area (Å²) in [6.45, 7) is 2.07. The smallest absolute Gasteiger partial charge is 0.163 e. The minimum absolute atomic E-state index is 0.306. The quantitative estimate of drug-likeness (QED) is 0.658. The van der Waals surface area contributed by atoms with Gasteiger partial charge < -0.3 is 0 Å². The standard InChI is InChI=1S/C13H14O/c1-10-6-5-9-12(14)13(10)11-7-3-2-4-8-11/h2-4,7-8H,5-6,9H2,1H3. The fourth-order valence-corrected chi connectivity index (χ4v) is 2.01. The first-order valence-corrected chi connectivity index (χ1v) is 5.07. The van der Waals surface area contributed by atoms with Gasteiger partial charge in [-0.3, -0.25) is 4.79 Å². The maximum absolute atomic E-state index is 11.7. The third-order valence-corrected chi connectivity index (χ3v) is 2.72. The first-order chi connectivity index (χ1) is 6.79. The van der Waals surface area contributed by atoms with Gasteiger partial charge in [0, 0.05) is 12.0 Å². The molecule has 72 valence electrons. The normalized spacial score (nSPS) is 17.4. The van der Waals surface area contributed by atoms with E-state index in [4.69, 9.17) is 0 Å². The molecule has 0 amide bonds. The molecule has 2 rings (SSSR count). The lowest BCUT2D eigenvalue weighted by atomic mass is 9.87. The van der Waals surface area contributed by atoms with Crippen molar-refractivity contribution in [1.82, 2.24) is 0 Å². The summed E-state index contributed by atoms with van der Waals surface area (Å²) in [6, 6.07) is 9.98. The van der Waals surface area contributed by atoms with E-state index in [1.165, 1.54) is 5.57 Å². The summed E-state index contributed by atoms with van der Waals surface area (Å²) in [7, 11) is 0. The van der Waals surface area contributed by atoms with Gasteiger partial charge in [-0.25, -0.2) is 0 Å². The SMILES string of the molecule is CC1=C(c2ccccc2)C(=O)CCC1. The van der Waals surface area contributed by atoms with Crippen molar-refractivity contribution in [2.75, 3.05) is 0 Å². The number of hydrogen-bond acceptors (Lipinski definition) is 1. The molecule has 1 aliphatic rings. The Hall–Kier alpha value is -1.37. The molecule has 14 heavy (non-hydrogen) atoms. The largest absolute Gasteiger partial charge is 0.294 e. The highest BCUT2D eigenvalue weighted by Gasteiger charge is 2.18. The molecule has 0 aromatic heterocycles. The molecule has 0 radical (unpaired) electrons. The third-order valence-electron chi connectivity index (χ3n) is 2.72. The summed E-state index contributed by atoms with van der Waals surface area (Å²) in [5, 5.41) is 0. The zero-order chi connectivity index (χ0) is 9.97. The van der Waals surface area contributed by atoms with Crippen molar-refractivity contribution in [2.45, 2.75) is 26.2 Å². The van der Waals surface area contributed by atoms with Gasteiger partial charge in [-0.05, 0) is 25.3 Å². The van der Waals surface area contributed by atoms with E-state index in [2.05, 4.69) is 6.92 Å². The summed E-state index contributed by atoms with van der Waals surface area (Å²) in [6.07, 6.45) is 2.79. The van der Waals surface area contributed by atoms with Gasteiger partial charge in [-0.1, -0.05) is 35.9 Å². The number of Topliss-reactive ketones (excluding diaryl/α,β-unsaturated/α-hetero) is 1. The van der Waals surface area contributed by atoms with Crippen LogP contribution >= 0.6 is 0 Å². The van der Waals surface area contributed by atoms with E-state index >= 15 is 0 Å². The second kappa shape index (κ2) is 3.79. The molecule has 0 aliphatic heterocycles. The molecule has 0 atom stereocenters. The molecule has 0 spiro atoms. The lowest BCUT2D eigenvalue weighted by Crippen LogP contribution is -2.09. The van der Waals surface area contributed by atoms with Crippen LogP contribution in [-0.2, 0) is 4.79 Å². The van der Waals surface area contributed by atoms with E-state index in [9.17, 15) is 4.79 Å². The summed E-state index contributed by atoms with van der Waals surface area (Å²) < 4.78 is 0. The molecule has 0 unspecified atom stereocenters. The van der Waals surface area contributed by atoms with Gasteiger partial charge in [0.15, 0.2) is 5.78 Å². The number of hydrogen-bond donors (Lipinski definition) is 0. The average molecular weight is 186 g/mol. The molecule has 1 heteroatoms. The average Bonchev–Trinajstić information content (AvgIpc) is 2.19. The summed E-state index contributed by atoms with van der Waals surface area (Å²) in [4.78, 5) is 11.7. The van der Waals surface area contributed by atoms with Gasteiger partial charge in [-0.2, -0.15) is 0 Å². The fraction of sp³-hybridized carbons (Fsp3) is 0.308. The Morgan fingerprint density at radius 3 is 2.43 bits per heavy atom. The summed E-state index contributed by atoms with van der Waals surface area (Å²) >= 11 is 0. The first-order valence-electron chi connectivity index (χ1n) is 5.07. The van der Waals surface area contributed by atoms with Gasteiger partial charge >= 0.3 is 0 Å². The second-order valence-electron chi connectivity index (χ2n) is 3.80. The van der Waals surface area contributed by atoms with E-state index in [1.807, 2.05) is 30.3 Å². The molecule has 0 bridgehead atoms. The number of carbonyl (C=O) groups is 1. The van der Waals surface area contributed by atoms with Crippen LogP contribution in [0.25, 0.3) is 5.57 Å². The molecule has 0 N–H and O–H groups in total. The molecule has 1 aliphatic carbocycles. The van der Waals surface area contributed by atoms with Gasteiger partial charge in [0.25, 0.3) is 0 Å². The number of ketones is 1. The lowest BCUT2D eigenvalue weighted by Gasteiger charge is -2.16. The van der Waals surface area contributed by atoms with Crippen LogP contribution in [0.2, 0.25) is 0 Å². The minimum atomic E-state index is 0.306. The van der Waals surface area contributed by atoms with Gasteiger partial charge in [-0.15, -0.1) is 0 Å². The van der Waals surface area contributed by atoms with Crippen LogP contribution in [0, 0.1) is 0 Å². The van der Waals surface area contributed by atoms with Crippen molar-refractivity contribution in [3.8, 4) is 0 Å². The van der Waals surface area contributed by atoms with Crippen molar-refractivity contribution in [2.24, 2.45) is 0 Å². The summed E-state index contributed by atoms with van der Waals surface area (Å²) in [5.74, 6) is 0.306. The van der Waals surface area contributed by atoms with Crippen molar-refractivity contribution < 1.29 is 4.79 Å². The van der Waals surface area contributed by atoms with Crippen molar-refractivity contribution in [3.05, 3.63) is 41.5 Å². The third kappa shape index (κ3) is 1.63. The fourth-order valence-electron chi connectivity index (χ4n) is 2.01. The number of carbonyl (C=O) groups excluding carboxylic acids is 1. The Labute approximate surface area is 84.5 Å². The maximum atomic E-state index is 11.7. The molecule has 0 heterocycles. The Bertz CT molecular complexity index is 373. The summed E-state index contributed by atoms with van der Waals surface area (Å²) in [5.41, 5.74) is 3.28. The van der Waals surface area contributed by atoms with E-state index in [0.717, 1.165) is 24.0 Å².